The zero-order chi connectivity index (χ0) is 12.9. The molecular weight excluding hydrogens is 244 g/mol. The van der Waals surface area contributed by atoms with E-state index in [-0.39, 0.29) is 0 Å². The third kappa shape index (κ3) is 4.96. The number of aliphatic hydroxyl groups is 4. The Morgan fingerprint density at radius 2 is 1.81 bits per heavy atom. The Balaban J connectivity index is 4.87. The molecule has 0 aliphatic carbocycles. The lowest BCUT2D eigenvalue weighted by atomic mass is 10.1. The summed E-state index contributed by atoms with van der Waals surface area (Å²) < 4.78 is 25.7. The van der Waals surface area contributed by atoms with E-state index >= 15 is 0 Å². The van der Waals surface area contributed by atoms with Gasteiger partial charge in [0.15, 0.2) is 11.9 Å². The Morgan fingerprint density at radius 3 is 2.12 bits per heavy atom. The van der Waals surface area contributed by atoms with Gasteiger partial charge in [-0.2, -0.15) is 8.42 Å². The van der Waals surface area contributed by atoms with Crippen molar-refractivity contribution in [1.82, 2.24) is 0 Å². The number of carbonyl (C=O) groups is 1. The van der Waals surface area contributed by atoms with E-state index in [1.807, 2.05) is 0 Å². The second-order valence-electron chi connectivity index (χ2n) is 3.09. The van der Waals surface area contributed by atoms with Crippen molar-refractivity contribution in [3.05, 3.63) is 0 Å². The summed E-state index contributed by atoms with van der Waals surface area (Å²) in [6.07, 6.45) is -4.99. The molecule has 8 nitrogen and oxygen atoms in total. The van der Waals surface area contributed by atoms with Gasteiger partial charge in [0, 0.05) is 0 Å². The summed E-state index contributed by atoms with van der Waals surface area (Å²) in [5.41, 5.74) is 0. The molecule has 0 radical (unpaired) electrons. The van der Waals surface area contributed by atoms with Crippen LogP contribution in [0.4, 0.5) is 0 Å². The van der Waals surface area contributed by atoms with Gasteiger partial charge in [0.25, 0.3) is 10.1 Å². The molecule has 0 fully saturated rings. The standard InChI is InChI=1S/C7H14O8S/c1-16(13,14)15-7(5(11)3-9)6(12)4(10)2-8/h4,6-10,12H,2-3H2,1H3/t4-,6+,7+/m0/s1. The molecule has 0 unspecified atom stereocenters. The topological polar surface area (TPSA) is 141 Å². The summed E-state index contributed by atoms with van der Waals surface area (Å²) in [6.45, 7) is -1.95. The molecule has 0 aromatic carbocycles. The van der Waals surface area contributed by atoms with Gasteiger partial charge in [-0.15, -0.1) is 0 Å². The molecule has 0 saturated carbocycles. The quantitative estimate of drug-likeness (QED) is 0.346. The van der Waals surface area contributed by atoms with Crippen molar-refractivity contribution in [2.75, 3.05) is 19.5 Å². The number of hydrogen-bond acceptors (Lipinski definition) is 8. The second-order valence-corrected chi connectivity index (χ2v) is 4.69. The number of ketones is 1. The molecule has 0 amide bonds. The van der Waals surface area contributed by atoms with Gasteiger partial charge in [0.05, 0.1) is 12.9 Å². The minimum atomic E-state index is -4.05. The van der Waals surface area contributed by atoms with Crippen molar-refractivity contribution in [2.24, 2.45) is 0 Å². The zero-order valence-corrected chi connectivity index (χ0v) is 9.29. The fourth-order valence-corrected chi connectivity index (χ4v) is 1.49. The predicted molar refractivity (Wildman–Crippen MR) is 50.9 cm³/mol. The zero-order valence-electron chi connectivity index (χ0n) is 8.48. The van der Waals surface area contributed by atoms with Gasteiger partial charge in [-0.3, -0.25) is 8.98 Å². The van der Waals surface area contributed by atoms with Crippen molar-refractivity contribution in [3.63, 3.8) is 0 Å². The number of aliphatic hydroxyl groups excluding tert-OH is 4. The molecule has 0 aromatic heterocycles. The van der Waals surface area contributed by atoms with E-state index in [1.165, 1.54) is 0 Å². The predicted octanol–water partition coefficient (Wildman–Crippen LogP) is -3.39. The van der Waals surface area contributed by atoms with Crippen LogP contribution in [0.1, 0.15) is 0 Å². The van der Waals surface area contributed by atoms with Crippen molar-refractivity contribution >= 4 is 15.9 Å². The lowest BCUT2D eigenvalue weighted by Gasteiger charge is -2.23. The first-order valence-electron chi connectivity index (χ1n) is 4.21. The molecule has 0 aromatic rings. The highest BCUT2D eigenvalue weighted by molar-refractivity contribution is 7.86. The van der Waals surface area contributed by atoms with Crippen LogP contribution in [0, 0.1) is 0 Å². The van der Waals surface area contributed by atoms with E-state index in [0.717, 1.165) is 0 Å². The van der Waals surface area contributed by atoms with Crippen LogP contribution in [0.15, 0.2) is 0 Å². The maximum atomic E-state index is 11.1. The maximum absolute atomic E-state index is 11.1. The highest BCUT2D eigenvalue weighted by Gasteiger charge is 2.34. The van der Waals surface area contributed by atoms with Crippen LogP contribution in [0.3, 0.4) is 0 Å². The molecule has 4 N–H and O–H groups in total. The summed E-state index contributed by atoms with van der Waals surface area (Å²) in [5, 5.41) is 35.4. The minimum absolute atomic E-state index is 0.642. The molecule has 0 aliphatic rings. The molecule has 0 bridgehead atoms. The first-order chi connectivity index (χ1) is 7.22. The van der Waals surface area contributed by atoms with Crippen LogP contribution in [0.25, 0.3) is 0 Å². The summed E-state index contributed by atoms with van der Waals surface area (Å²) in [4.78, 5) is 11.1. The molecule has 0 rings (SSSR count). The molecule has 0 aliphatic heterocycles. The van der Waals surface area contributed by atoms with Crippen molar-refractivity contribution in [1.29, 1.82) is 0 Å². The van der Waals surface area contributed by atoms with Crippen LogP contribution < -0.4 is 0 Å². The third-order valence-corrected chi connectivity index (χ3v) is 2.20. The first kappa shape index (κ1) is 15.4. The van der Waals surface area contributed by atoms with Crippen molar-refractivity contribution in [3.8, 4) is 0 Å². The van der Waals surface area contributed by atoms with Crippen LogP contribution in [0.5, 0.6) is 0 Å². The molecule has 0 saturated heterocycles. The lowest BCUT2D eigenvalue weighted by molar-refractivity contribution is -0.139. The minimum Gasteiger partial charge on any atom is -0.394 e. The number of hydrogen-bond donors (Lipinski definition) is 4. The Bertz CT molecular complexity index is 323. The molecule has 3 atom stereocenters. The second kappa shape index (κ2) is 6.23. The molecular formula is C7H14O8S. The summed E-state index contributed by atoms with van der Waals surface area (Å²) in [5.74, 6) is -1.12. The first-order valence-corrected chi connectivity index (χ1v) is 6.03. The van der Waals surface area contributed by atoms with Crippen LogP contribution in [0.2, 0.25) is 0 Å². The van der Waals surface area contributed by atoms with E-state index in [4.69, 9.17) is 15.3 Å². The summed E-state index contributed by atoms with van der Waals surface area (Å²) in [6, 6.07) is 0. The third-order valence-electron chi connectivity index (χ3n) is 1.64. The SMILES string of the molecule is CS(=O)(=O)O[C@H](C(=O)CO)[C@H](O)[C@@H](O)CO. The van der Waals surface area contributed by atoms with E-state index in [2.05, 4.69) is 4.18 Å². The van der Waals surface area contributed by atoms with Gasteiger partial charge in [0.2, 0.25) is 0 Å². The Hall–Kier alpha value is -0.580. The summed E-state index contributed by atoms with van der Waals surface area (Å²) >= 11 is 0. The van der Waals surface area contributed by atoms with Gasteiger partial charge < -0.3 is 20.4 Å². The maximum Gasteiger partial charge on any atom is 0.265 e. The van der Waals surface area contributed by atoms with Gasteiger partial charge in [-0.05, 0) is 0 Å². The largest absolute Gasteiger partial charge is 0.394 e. The van der Waals surface area contributed by atoms with Crippen molar-refractivity contribution in [2.45, 2.75) is 18.3 Å². The fourth-order valence-electron chi connectivity index (χ4n) is 0.889. The van der Waals surface area contributed by atoms with Gasteiger partial charge in [-0.25, -0.2) is 0 Å². The van der Waals surface area contributed by atoms with E-state index in [1.54, 1.807) is 0 Å². The number of rotatable bonds is 7. The molecule has 9 heteroatoms. The smallest absolute Gasteiger partial charge is 0.265 e. The van der Waals surface area contributed by atoms with Crippen LogP contribution in [-0.4, -0.2) is 72.4 Å². The highest BCUT2D eigenvalue weighted by atomic mass is 32.2. The molecule has 96 valence electrons. The van der Waals surface area contributed by atoms with E-state index in [9.17, 15) is 18.3 Å². The van der Waals surface area contributed by atoms with Crippen LogP contribution >= 0.6 is 0 Å². The monoisotopic (exact) mass is 258 g/mol. The molecule has 16 heavy (non-hydrogen) atoms. The van der Waals surface area contributed by atoms with E-state index < -0.39 is 47.4 Å². The Labute approximate surface area is 92.2 Å². The Kier molecular flexibility index (Phi) is 6.00. The molecule has 0 heterocycles. The number of carbonyl (C=O) groups excluding carboxylic acids is 1. The number of Topliss-reactive ketones (excluding diaryl/α,β-unsaturated/α-hetero) is 1. The van der Waals surface area contributed by atoms with E-state index in [0.29, 0.717) is 6.26 Å². The van der Waals surface area contributed by atoms with Gasteiger partial charge >= 0.3 is 0 Å². The fraction of sp³-hybridized carbons (Fsp3) is 0.857. The van der Waals surface area contributed by atoms with Gasteiger partial charge in [-0.1, -0.05) is 0 Å². The highest BCUT2D eigenvalue weighted by Crippen LogP contribution is 2.09. The Morgan fingerprint density at radius 1 is 1.31 bits per heavy atom. The normalized spacial score (nSPS) is 17.8. The van der Waals surface area contributed by atoms with Crippen LogP contribution in [-0.2, 0) is 19.1 Å². The summed E-state index contributed by atoms with van der Waals surface area (Å²) in [7, 11) is -4.05. The van der Waals surface area contributed by atoms with Crippen molar-refractivity contribution < 1.29 is 37.8 Å². The average molecular weight is 258 g/mol. The molecule has 0 spiro atoms. The average Bonchev–Trinajstić information content (AvgIpc) is 2.21. The lowest BCUT2D eigenvalue weighted by Crippen LogP contribution is -2.47. The van der Waals surface area contributed by atoms with Gasteiger partial charge in [0.1, 0.15) is 18.8 Å².